The fourth-order valence-electron chi connectivity index (χ4n) is 0.0385. The molecule has 2 heteroatoms. The van der Waals surface area contributed by atoms with Gasteiger partial charge < -0.3 is 4.67 Å². The largest absolute Gasteiger partial charge is 0.336 e. The standard InChI is InChI=1S/C2H4NP/c4-3-1-2-3/h1-2H,4H2. The summed E-state index contributed by atoms with van der Waals surface area (Å²) in [6.45, 7) is 0. The molecule has 1 unspecified atom stereocenters. The van der Waals surface area contributed by atoms with Gasteiger partial charge in [0.15, 0.2) is 0 Å². The smallest absolute Gasteiger partial charge is 0.0233 e. The van der Waals surface area contributed by atoms with Crippen molar-refractivity contribution in [2.45, 2.75) is 0 Å². The molecule has 0 aromatic heterocycles. The molecule has 1 aliphatic rings. The van der Waals surface area contributed by atoms with Crippen LogP contribution in [0.25, 0.3) is 0 Å². The monoisotopic (exact) mass is 73.0 g/mol. The summed E-state index contributed by atoms with van der Waals surface area (Å²) in [5, 5.41) is 0. The average molecular weight is 73.0 g/mol. The number of hydrogen-bond donors (Lipinski definition) is 0. The van der Waals surface area contributed by atoms with Gasteiger partial charge in [0.25, 0.3) is 0 Å². The molecule has 0 fully saturated rings. The number of hydrogen-bond acceptors (Lipinski definition) is 1. The SMILES string of the molecule is PN1C=C1. The molecule has 4 heavy (non-hydrogen) atoms. The third-order valence-corrected chi connectivity index (χ3v) is 0.665. The lowest BCUT2D eigenvalue weighted by Crippen LogP contribution is -1.56. The van der Waals surface area contributed by atoms with Gasteiger partial charge in [0.2, 0.25) is 0 Å². The van der Waals surface area contributed by atoms with Gasteiger partial charge in [-0.3, -0.25) is 0 Å². The molecule has 0 aliphatic carbocycles. The Balaban J connectivity index is 2.32. The van der Waals surface area contributed by atoms with E-state index in [1.807, 2.05) is 17.1 Å². The minimum Gasteiger partial charge on any atom is -0.336 e. The lowest BCUT2D eigenvalue weighted by Gasteiger charge is -1.73. The van der Waals surface area contributed by atoms with Gasteiger partial charge in [-0.2, -0.15) is 0 Å². The molecular formula is C2H4NP. The summed E-state index contributed by atoms with van der Waals surface area (Å²) >= 11 is 0. The van der Waals surface area contributed by atoms with Crippen molar-refractivity contribution < 1.29 is 0 Å². The Morgan fingerprint density at radius 3 is 1.75 bits per heavy atom. The molecule has 1 nitrogen and oxygen atoms in total. The van der Waals surface area contributed by atoms with E-state index in [0.29, 0.717) is 0 Å². The van der Waals surface area contributed by atoms with Gasteiger partial charge in [-0.15, -0.1) is 0 Å². The van der Waals surface area contributed by atoms with Gasteiger partial charge in [0.1, 0.15) is 0 Å². The Kier molecular flexibility index (Phi) is 0.259. The Morgan fingerprint density at radius 1 is 1.50 bits per heavy atom. The quantitative estimate of drug-likeness (QED) is 0.379. The van der Waals surface area contributed by atoms with Crippen LogP contribution in [0, 0.1) is 0 Å². The van der Waals surface area contributed by atoms with Gasteiger partial charge >= 0.3 is 0 Å². The van der Waals surface area contributed by atoms with Crippen molar-refractivity contribution in [1.29, 1.82) is 0 Å². The topological polar surface area (TPSA) is 3.01 Å². The van der Waals surface area contributed by atoms with E-state index in [1.54, 1.807) is 0 Å². The molecule has 0 bridgehead atoms. The lowest BCUT2D eigenvalue weighted by atomic mass is 11.3. The predicted octanol–water partition coefficient (Wildman–Crippen LogP) is 0.563. The molecule has 0 radical (unpaired) electrons. The summed E-state index contributed by atoms with van der Waals surface area (Å²) < 4.78 is 1.92. The summed E-state index contributed by atoms with van der Waals surface area (Å²) in [6, 6.07) is 0. The maximum Gasteiger partial charge on any atom is 0.0233 e. The van der Waals surface area contributed by atoms with Crippen LogP contribution >= 0.6 is 9.39 Å². The molecule has 0 amide bonds. The third kappa shape index (κ3) is 0.210. The Labute approximate surface area is 27.6 Å². The van der Waals surface area contributed by atoms with Crippen LogP contribution in [0.1, 0.15) is 0 Å². The molecule has 1 atom stereocenters. The van der Waals surface area contributed by atoms with Crippen LogP contribution < -0.4 is 0 Å². The minimum absolute atomic E-state index is 1.92. The molecule has 0 aromatic carbocycles. The summed E-state index contributed by atoms with van der Waals surface area (Å²) in [5.74, 6) is 0. The van der Waals surface area contributed by atoms with Crippen LogP contribution in [0.15, 0.2) is 12.4 Å². The van der Waals surface area contributed by atoms with Gasteiger partial charge in [-0.1, -0.05) is 0 Å². The highest BCUT2D eigenvalue weighted by atomic mass is 31.0. The first-order valence-electron chi connectivity index (χ1n) is 1.11. The van der Waals surface area contributed by atoms with Crippen LogP contribution in [-0.2, 0) is 0 Å². The molecule has 0 saturated carbocycles. The predicted molar refractivity (Wildman–Crippen MR) is 20.7 cm³/mol. The van der Waals surface area contributed by atoms with E-state index in [1.165, 1.54) is 0 Å². The van der Waals surface area contributed by atoms with Crippen molar-refractivity contribution in [2.24, 2.45) is 0 Å². The van der Waals surface area contributed by atoms with E-state index in [-0.39, 0.29) is 0 Å². The highest BCUT2D eigenvalue weighted by molar-refractivity contribution is 7.14. The van der Waals surface area contributed by atoms with E-state index in [4.69, 9.17) is 0 Å². The van der Waals surface area contributed by atoms with Gasteiger partial charge in [0, 0.05) is 12.4 Å². The molecule has 1 aliphatic heterocycles. The molecule has 1 heterocycles. The normalized spacial score (nSPS) is 17.8. The van der Waals surface area contributed by atoms with Crippen molar-refractivity contribution in [3.63, 3.8) is 0 Å². The average Bonchev–Trinajstić information content (AvgIpc) is 1.75. The summed E-state index contributed by atoms with van der Waals surface area (Å²) in [5.41, 5.74) is 0. The fraction of sp³-hybridized carbons (Fsp3) is 0. The zero-order chi connectivity index (χ0) is 2.99. The van der Waals surface area contributed by atoms with Crippen LogP contribution in [0.3, 0.4) is 0 Å². The molecule has 1 rings (SSSR count). The van der Waals surface area contributed by atoms with Crippen molar-refractivity contribution in [2.75, 3.05) is 0 Å². The number of nitrogens with zero attached hydrogens (tertiary/aromatic N) is 1. The number of rotatable bonds is 0. The minimum atomic E-state index is 1.92. The molecule has 0 aromatic rings. The Morgan fingerprint density at radius 2 is 1.75 bits per heavy atom. The summed E-state index contributed by atoms with van der Waals surface area (Å²) in [6.07, 6.45) is 3.93. The van der Waals surface area contributed by atoms with E-state index in [9.17, 15) is 0 Å². The van der Waals surface area contributed by atoms with Gasteiger partial charge in [0.05, 0.1) is 0 Å². The molecular weight excluding hydrogens is 69.0 g/mol. The first-order chi connectivity index (χ1) is 1.89. The third-order valence-electron chi connectivity index (χ3n) is 0.321. The molecule has 0 saturated heterocycles. The first-order valence-corrected chi connectivity index (χ1v) is 1.62. The van der Waals surface area contributed by atoms with E-state index in [0.717, 1.165) is 0 Å². The van der Waals surface area contributed by atoms with Crippen molar-refractivity contribution >= 4 is 9.39 Å². The van der Waals surface area contributed by atoms with Crippen LogP contribution in [0.5, 0.6) is 0 Å². The van der Waals surface area contributed by atoms with Crippen molar-refractivity contribution in [3.05, 3.63) is 12.4 Å². The second-order valence-corrected chi connectivity index (χ2v) is 1.34. The second kappa shape index (κ2) is 0.467. The Bertz CT molecular complexity index is 44.0. The zero-order valence-corrected chi connectivity index (χ0v) is 3.33. The fourth-order valence-corrected chi connectivity index (χ4v) is 0.115. The highest BCUT2D eigenvalue weighted by Gasteiger charge is 1.90. The van der Waals surface area contributed by atoms with Crippen LogP contribution in [-0.4, -0.2) is 4.67 Å². The first kappa shape index (κ1) is 2.22. The maximum atomic E-state index is 2.49. The lowest BCUT2D eigenvalue weighted by molar-refractivity contribution is 1.04. The highest BCUT2D eigenvalue weighted by Crippen LogP contribution is 2.10. The van der Waals surface area contributed by atoms with Crippen molar-refractivity contribution in [3.8, 4) is 0 Å². The molecule has 0 N–H and O–H groups in total. The van der Waals surface area contributed by atoms with E-state index in [2.05, 4.69) is 9.39 Å². The van der Waals surface area contributed by atoms with Gasteiger partial charge in [-0.25, -0.2) is 0 Å². The van der Waals surface area contributed by atoms with Crippen LogP contribution in [0.4, 0.5) is 0 Å². The van der Waals surface area contributed by atoms with E-state index < -0.39 is 0 Å². The Hall–Kier alpha value is -0.0300. The summed E-state index contributed by atoms with van der Waals surface area (Å²) in [4.78, 5) is 0. The second-order valence-electron chi connectivity index (χ2n) is 0.745. The molecule has 22 valence electrons. The maximum absolute atomic E-state index is 2.49. The van der Waals surface area contributed by atoms with Gasteiger partial charge in [-0.05, 0) is 9.39 Å². The van der Waals surface area contributed by atoms with Crippen LogP contribution in [0.2, 0.25) is 0 Å². The summed E-state index contributed by atoms with van der Waals surface area (Å²) in [7, 11) is 2.49. The molecule has 0 spiro atoms. The van der Waals surface area contributed by atoms with E-state index >= 15 is 0 Å². The zero-order valence-electron chi connectivity index (χ0n) is 2.18. The van der Waals surface area contributed by atoms with Crippen molar-refractivity contribution in [1.82, 2.24) is 4.67 Å².